The maximum absolute atomic E-state index is 13.4. The molecule has 0 heterocycles. The van der Waals surface area contributed by atoms with Crippen LogP contribution in [-0.4, -0.2) is 11.1 Å². The van der Waals surface area contributed by atoms with Crippen LogP contribution >= 0.6 is 27.5 Å². The second kappa shape index (κ2) is 5.68. The molecule has 0 spiro atoms. The van der Waals surface area contributed by atoms with Gasteiger partial charge in [0.25, 0.3) is 0 Å². The van der Waals surface area contributed by atoms with Crippen molar-refractivity contribution < 1.29 is 19.0 Å². The van der Waals surface area contributed by atoms with Crippen molar-refractivity contribution >= 4 is 39.2 Å². The maximum atomic E-state index is 13.4. The first kappa shape index (κ1) is 14.6. The quantitative estimate of drug-likeness (QED) is 0.632. The van der Waals surface area contributed by atoms with E-state index in [4.69, 9.17) is 27.2 Å². The zero-order chi connectivity index (χ0) is 14.9. The Bertz CT molecular complexity index is 694. The van der Waals surface area contributed by atoms with E-state index >= 15 is 0 Å². The van der Waals surface area contributed by atoms with Gasteiger partial charge in [-0.3, -0.25) is 0 Å². The van der Waals surface area contributed by atoms with Crippen LogP contribution in [0.25, 0.3) is 0 Å². The van der Waals surface area contributed by atoms with Crippen molar-refractivity contribution in [2.24, 2.45) is 0 Å². The molecule has 0 aromatic heterocycles. The summed E-state index contributed by atoms with van der Waals surface area (Å²) in [7, 11) is 0. The molecule has 0 radical (unpaired) electrons. The molecule has 2 aromatic carbocycles. The van der Waals surface area contributed by atoms with Crippen molar-refractivity contribution in [3.05, 3.63) is 51.2 Å². The maximum Gasteiger partial charge on any atom is 0.337 e. The van der Waals surface area contributed by atoms with Gasteiger partial charge in [-0.2, -0.15) is 0 Å². The molecule has 0 aliphatic carbocycles. The predicted octanol–water partition coefficient (Wildman–Crippen LogP) is 4.31. The fraction of sp³-hybridized carbons (Fsp3) is 0. The lowest BCUT2D eigenvalue weighted by Gasteiger charge is -2.10. The number of nitrogen functional groups attached to an aromatic ring is 1. The SMILES string of the molecule is Nc1cc(Oc2cc(F)c(Cl)cc2Br)ccc1C(=O)O. The number of ether oxygens (including phenoxy) is 1. The highest BCUT2D eigenvalue weighted by Gasteiger charge is 2.12. The standard InChI is InChI=1S/C13H8BrClFNO3/c14-8-4-9(15)10(16)5-12(8)20-6-1-2-7(13(18)19)11(17)3-6/h1-5H,17H2,(H,18,19). The summed E-state index contributed by atoms with van der Waals surface area (Å²) in [4.78, 5) is 10.8. The van der Waals surface area contributed by atoms with Crippen LogP contribution in [0, 0.1) is 5.82 Å². The summed E-state index contributed by atoms with van der Waals surface area (Å²) in [6.45, 7) is 0. The Morgan fingerprint density at radius 3 is 2.65 bits per heavy atom. The monoisotopic (exact) mass is 359 g/mol. The number of nitrogens with two attached hydrogens (primary N) is 1. The second-order valence-corrected chi connectivity index (χ2v) is 5.11. The Hall–Kier alpha value is -1.79. The van der Waals surface area contributed by atoms with E-state index in [1.165, 1.54) is 24.3 Å². The van der Waals surface area contributed by atoms with E-state index in [1.807, 2.05) is 0 Å². The highest BCUT2D eigenvalue weighted by molar-refractivity contribution is 9.10. The molecule has 0 saturated heterocycles. The number of carboxylic acid groups (broad SMARTS) is 1. The molecule has 0 aliphatic rings. The van der Waals surface area contributed by atoms with Gasteiger partial charge >= 0.3 is 5.97 Å². The van der Waals surface area contributed by atoms with Crippen LogP contribution in [0.3, 0.4) is 0 Å². The third-order valence-corrected chi connectivity index (χ3v) is 3.37. The molecule has 0 atom stereocenters. The Morgan fingerprint density at radius 1 is 1.35 bits per heavy atom. The van der Waals surface area contributed by atoms with Crippen LogP contribution in [-0.2, 0) is 0 Å². The van der Waals surface area contributed by atoms with E-state index in [1.54, 1.807) is 0 Å². The average Bonchev–Trinajstić information content (AvgIpc) is 2.35. The van der Waals surface area contributed by atoms with Gasteiger partial charge in [-0.05, 0) is 34.1 Å². The summed E-state index contributed by atoms with van der Waals surface area (Å²) in [5, 5.41) is 8.83. The number of carbonyl (C=O) groups is 1. The van der Waals surface area contributed by atoms with Gasteiger partial charge < -0.3 is 15.6 Å². The summed E-state index contributed by atoms with van der Waals surface area (Å²) in [5.41, 5.74) is 5.63. The Balaban J connectivity index is 2.33. The molecular weight excluding hydrogens is 353 g/mol. The first-order valence-electron chi connectivity index (χ1n) is 5.33. The van der Waals surface area contributed by atoms with Crippen LogP contribution in [0.2, 0.25) is 5.02 Å². The smallest absolute Gasteiger partial charge is 0.337 e. The Kier molecular flexibility index (Phi) is 4.15. The molecule has 4 nitrogen and oxygen atoms in total. The normalized spacial score (nSPS) is 10.3. The summed E-state index contributed by atoms with van der Waals surface area (Å²) < 4.78 is 19.3. The number of rotatable bonds is 3. The number of hydrogen-bond acceptors (Lipinski definition) is 3. The number of hydrogen-bond donors (Lipinski definition) is 2. The topological polar surface area (TPSA) is 72.5 Å². The lowest BCUT2D eigenvalue weighted by Crippen LogP contribution is -2.02. The number of carboxylic acids is 1. The predicted molar refractivity (Wildman–Crippen MR) is 77.0 cm³/mol. The molecule has 0 unspecified atom stereocenters. The van der Waals surface area contributed by atoms with E-state index in [0.717, 1.165) is 6.07 Å². The van der Waals surface area contributed by atoms with Crippen LogP contribution in [0.15, 0.2) is 34.8 Å². The van der Waals surface area contributed by atoms with Gasteiger partial charge in [-0.15, -0.1) is 0 Å². The molecule has 20 heavy (non-hydrogen) atoms. The van der Waals surface area contributed by atoms with Crippen molar-refractivity contribution in [3.63, 3.8) is 0 Å². The summed E-state index contributed by atoms with van der Waals surface area (Å²) in [6, 6.07) is 6.57. The Labute approximate surface area is 127 Å². The molecule has 3 N–H and O–H groups in total. The fourth-order valence-electron chi connectivity index (χ4n) is 1.51. The molecule has 0 saturated carbocycles. The zero-order valence-electron chi connectivity index (χ0n) is 9.86. The number of benzene rings is 2. The van der Waals surface area contributed by atoms with E-state index in [2.05, 4.69) is 15.9 Å². The third kappa shape index (κ3) is 3.02. The molecular formula is C13H8BrClFNO3. The lowest BCUT2D eigenvalue weighted by atomic mass is 10.2. The first-order valence-corrected chi connectivity index (χ1v) is 6.51. The minimum Gasteiger partial charge on any atom is -0.478 e. The van der Waals surface area contributed by atoms with Crippen molar-refractivity contribution in [3.8, 4) is 11.5 Å². The second-order valence-electron chi connectivity index (χ2n) is 3.85. The summed E-state index contributed by atoms with van der Waals surface area (Å²) >= 11 is 8.82. The van der Waals surface area contributed by atoms with Gasteiger partial charge in [0.05, 0.1) is 15.1 Å². The van der Waals surface area contributed by atoms with Gasteiger partial charge in [0.2, 0.25) is 0 Å². The molecule has 0 aliphatic heterocycles. The van der Waals surface area contributed by atoms with Crippen LogP contribution in [0.5, 0.6) is 11.5 Å². The molecule has 0 amide bonds. The zero-order valence-corrected chi connectivity index (χ0v) is 12.2. The first-order chi connectivity index (χ1) is 9.38. The van der Waals surface area contributed by atoms with E-state index in [9.17, 15) is 9.18 Å². The average molecular weight is 361 g/mol. The van der Waals surface area contributed by atoms with Gasteiger partial charge in [0.1, 0.15) is 17.3 Å². The lowest BCUT2D eigenvalue weighted by molar-refractivity contribution is 0.0698. The fourth-order valence-corrected chi connectivity index (χ4v) is 2.23. The minimum atomic E-state index is -1.13. The number of anilines is 1. The number of aromatic carboxylic acids is 1. The van der Waals surface area contributed by atoms with Crippen LogP contribution in [0.1, 0.15) is 10.4 Å². The van der Waals surface area contributed by atoms with Gasteiger partial charge in [0.15, 0.2) is 0 Å². The van der Waals surface area contributed by atoms with Crippen molar-refractivity contribution in [1.29, 1.82) is 0 Å². The molecule has 7 heteroatoms. The third-order valence-electron chi connectivity index (χ3n) is 2.46. The van der Waals surface area contributed by atoms with Crippen LogP contribution in [0.4, 0.5) is 10.1 Å². The van der Waals surface area contributed by atoms with Gasteiger partial charge in [-0.25, -0.2) is 9.18 Å². The molecule has 0 bridgehead atoms. The number of halogens is 3. The minimum absolute atomic E-state index is 0.0290. The largest absolute Gasteiger partial charge is 0.478 e. The van der Waals surface area contributed by atoms with Gasteiger partial charge in [0, 0.05) is 17.8 Å². The molecule has 2 aromatic rings. The van der Waals surface area contributed by atoms with E-state index in [0.29, 0.717) is 4.47 Å². The van der Waals surface area contributed by atoms with E-state index < -0.39 is 11.8 Å². The molecule has 104 valence electrons. The van der Waals surface area contributed by atoms with Gasteiger partial charge in [-0.1, -0.05) is 11.6 Å². The highest BCUT2D eigenvalue weighted by Crippen LogP contribution is 2.34. The summed E-state index contributed by atoms with van der Waals surface area (Å²) in [6.07, 6.45) is 0. The highest BCUT2D eigenvalue weighted by atomic mass is 79.9. The molecule has 2 rings (SSSR count). The van der Waals surface area contributed by atoms with Crippen molar-refractivity contribution in [2.75, 3.05) is 5.73 Å². The van der Waals surface area contributed by atoms with Crippen molar-refractivity contribution in [1.82, 2.24) is 0 Å². The summed E-state index contributed by atoms with van der Waals surface area (Å²) in [5.74, 6) is -1.27. The molecule has 0 fully saturated rings. The Morgan fingerprint density at radius 2 is 2.05 bits per heavy atom. The van der Waals surface area contributed by atoms with Crippen LogP contribution < -0.4 is 10.5 Å². The van der Waals surface area contributed by atoms with E-state index in [-0.39, 0.29) is 27.8 Å². The van der Waals surface area contributed by atoms with Crippen molar-refractivity contribution in [2.45, 2.75) is 0 Å².